The molecule has 19 heavy (non-hydrogen) atoms. The summed E-state index contributed by atoms with van der Waals surface area (Å²) in [6, 6.07) is 18.9. The zero-order valence-electron chi connectivity index (χ0n) is 11.1. The van der Waals surface area contributed by atoms with Gasteiger partial charge < -0.3 is 9.47 Å². The molecule has 2 nitrogen and oxygen atoms in total. The molecule has 3 aromatic rings. The minimum Gasteiger partial charge on any atom is -0.352 e. The van der Waals surface area contributed by atoms with Gasteiger partial charge in [0.1, 0.15) is 0 Å². The Bertz CT molecular complexity index is 715. The van der Waals surface area contributed by atoms with Crippen molar-refractivity contribution in [3.8, 4) is 0 Å². The number of methoxy groups -OCH3 is 2. The van der Waals surface area contributed by atoms with Crippen molar-refractivity contribution in [1.29, 1.82) is 0 Å². The average molecular weight is 252 g/mol. The Kier molecular flexibility index (Phi) is 3.20. The average Bonchev–Trinajstić information content (AvgIpc) is 2.48. The van der Waals surface area contributed by atoms with Crippen LogP contribution in [0.4, 0.5) is 0 Å². The second-order valence-corrected chi connectivity index (χ2v) is 4.54. The molecular formula is C17H16O2. The van der Waals surface area contributed by atoms with Crippen molar-refractivity contribution >= 4 is 21.5 Å². The van der Waals surface area contributed by atoms with E-state index >= 15 is 0 Å². The minimum atomic E-state index is -0.338. The maximum Gasteiger partial charge on any atom is 0.183 e. The van der Waals surface area contributed by atoms with E-state index in [4.69, 9.17) is 9.47 Å². The summed E-state index contributed by atoms with van der Waals surface area (Å²) in [5.74, 6) is 0. The number of rotatable bonds is 3. The standard InChI is InChI=1S/C17H16O2/c1-18-17(19-2)16-11-12-7-3-4-8-13(12)14-9-5-6-10-15(14)16/h3-11,17H,1-2H3. The quantitative estimate of drug-likeness (QED) is 0.511. The van der Waals surface area contributed by atoms with Gasteiger partial charge in [0.25, 0.3) is 0 Å². The van der Waals surface area contributed by atoms with Crippen LogP contribution in [0.1, 0.15) is 11.9 Å². The van der Waals surface area contributed by atoms with E-state index in [-0.39, 0.29) is 6.29 Å². The number of hydrogen-bond donors (Lipinski definition) is 0. The van der Waals surface area contributed by atoms with Crippen LogP contribution in [0, 0.1) is 0 Å². The summed E-state index contributed by atoms with van der Waals surface area (Å²) in [6.45, 7) is 0. The Morgan fingerprint density at radius 3 is 2.00 bits per heavy atom. The lowest BCUT2D eigenvalue weighted by Gasteiger charge is -2.17. The van der Waals surface area contributed by atoms with E-state index in [9.17, 15) is 0 Å². The third kappa shape index (κ3) is 1.99. The van der Waals surface area contributed by atoms with Gasteiger partial charge in [0.05, 0.1) is 0 Å². The third-order valence-electron chi connectivity index (χ3n) is 3.48. The summed E-state index contributed by atoms with van der Waals surface area (Å²) in [5.41, 5.74) is 1.07. The molecule has 0 unspecified atom stereocenters. The lowest BCUT2D eigenvalue weighted by molar-refractivity contribution is -0.105. The number of benzene rings is 3. The number of hydrogen-bond acceptors (Lipinski definition) is 2. The van der Waals surface area contributed by atoms with E-state index in [1.54, 1.807) is 14.2 Å². The maximum atomic E-state index is 5.42. The van der Waals surface area contributed by atoms with Crippen LogP contribution in [0.3, 0.4) is 0 Å². The molecule has 0 aliphatic rings. The molecule has 0 N–H and O–H groups in total. The van der Waals surface area contributed by atoms with Gasteiger partial charge in [0.15, 0.2) is 6.29 Å². The van der Waals surface area contributed by atoms with Crippen molar-refractivity contribution in [1.82, 2.24) is 0 Å². The molecule has 0 atom stereocenters. The summed E-state index contributed by atoms with van der Waals surface area (Å²) in [7, 11) is 3.33. The normalized spacial score (nSPS) is 11.5. The molecule has 3 rings (SSSR count). The molecule has 0 amide bonds. The third-order valence-corrected chi connectivity index (χ3v) is 3.48. The Morgan fingerprint density at radius 2 is 1.32 bits per heavy atom. The highest BCUT2D eigenvalue weighted by atomic mass is 16.7. The lowest BCUT2D eigenvalue weighted by Crippen LogP contribution is -2.04. The Balaban J connectivity index is 2.42. The predicted octanol–water partition coefficient (Wildman–Crippen LogP) is 4.28. The van der Waals surface area contributed by atoms with Crippen molar-refractivity contribution in [2.24, 2.45) is 0 Å². The van der Waals surface area contributed by atoms with Gasteiger partial charge >= 0.3 is 0 Å². The van der Waals surface area contributed by atoms with Crippen LogP contribution in [0.15, 0.2) is 54.6 Å². The van der Waals surface area contributed by atoms with Gasteiger partial charge in [-0.1, -0.05) is 48.5 Å². The molecule has 0 fully saturated rings. The fourth-order valence-electron chi connectivity index (χ4n) is 2.63. The highest BCUT2D eigenvalue weighted by molar-refractivity contribution is 6.09. The van der Waals surface area contributed by atoms with Gasteiger partial charge in [-0.3, -0.25) is 0 Å². The van der Waals surface area contributed by atoms with Crippen molar-refractivity contribution in [2.45, 2.75) is 6.29 Å². The van der Waals surface area contributed by atoms with Crippen molar-refractivity contribution in [3.63, 3.8) is 0 Å². The van der Waals surface area contributed by atoms with Gasteiger partial charge in [0.2, 0.25) is 0 Å². The fraction of sp³-hybridized carbons (Fsp3) is 0.176. The molecule has 0 saturated carbocycles. The second kappa shape index (κ2) is 5.00. The molecule has 2 heteroatoms. The van der Waals surface area contributed by atoms with Gasteiger partial charge in [0, 0.05) is 19.8 Å². The molecule has 0 spiro atoms. The molecule has 0 saturated heterocycles. The first-order valence-electron chi connectivity index (χ1n) is 6.31. The summed E-state index contributed by atoms with van der Waals surface area (Å²) >= 11 is 0. The first-order chi connectivity index (χ1) is 9.35. The topological polar surface area (TPSA) is 18.5 Å². The van der Waals surface area contributed by atoms with E-state index < -0.39 is 0 Å². The van der Waals surface area contributed by atoms with E-state index in [0.29, 0.717) is 0 Å². The minimum absolute atomic E-state index is 0.338. The summed E-state index contributed by atoms with van der Waals surface area (Å²) in [6.07, 6.45) is -0.338. The van der Waals surface area contributed by atoms with Crippen LogP contribution < -0.4 is 0 Å². The molecule has 0 aliphatic carbocycles. The zero-order valence-corrected chi connectivity index (χ0v) is 11.1. The molecule has 3 aromatic carbocycles. The predicted molar refractivity (Wildman–Crippen MR) is 78.2 cm³/mol. The second-order valence-electron chi connectivity index (χ2n) is 4.54. The molecule has 0 heterocycles. The van der Waals surface area contributed by atoms with Gasteiger partial charge in [-0.2, -0.15) is 0 Å². The Morgan fingerprint density at radius 1 is 0.737 bits per heavy atom. The smallest absolute Gasteiger partial charge is 0.183 e. The largest absolute Gasteiger partial charge is 0.352 e. The van der Waals surface area contributed by atoms with Crippen LogP contribution in [-0.2, 0) is 9.47 Å². The molecule has 0 aromatic heterocycles. The maximum absolute atomic E-state index is 5.42. The van der Waals surface area contributed by atoms with E-state index in [1.165, 1.54) is 21.5 Å². The Labute approximate surface area is 112 Å². The van der Waals surface area contributed by atoms with Crippen molar-refractivity contribution in [3.05, 3.63) is 60.2 Å². The summed E-state index contributed by atoms with van der Waals surface area (Å²) < 4.78 is 10.8. The molecule has 0 radical (unpaired) electrons. The van der Waals surface area contributed by atoms with Crippen LogP contribution >= 0.6 is 0 Å². The van der Waals surface area contributed by atoms with Gasteiger partial charge in [-0.05, 0) is 27.6 Å². The molecular weight excluding hydrogens is 236 g/mol. The first-order valence-corrected chi connectivity index (χ1v) is 6.31. The van der Waals surface area contributed by atoms with Crippen LogP contribution in [0.25, 0.3) is 21.5 Å². The molecule has 0 aliphatic heterocycles. The van der Waals surface area contributed by atoms with Crippen molar-refractivity contribution in [2.75, 3.05) is 14.2 Å². The van der Waals surface area contributed by atoms with Crippen LogP contribution in [0.5, 0.6) is 0 Å². The van der Waals surface area contributed by atoms with E-state index in [0.717, 1.165) is 5.56 Å². The highest BCUT2D eigenvalue weighted by Crippen LogP contribution is 2.33. The summed E-state index contributed by atoms with van der Waals surface area (Å²) in [5, 5.41) is 4.87. The van der Waals surface area contributed by atoms with Crippen molar-refractivity contribution < 1.29 is 9.47 Å². The monoisotopic (exact) mass is 252 g/mol. The highest BCUT2D eigenvalue weighted by Gasteiger charge is 2.14. The Hall–Kier alpha value is -1.90. The summed E-state index contributed by atoms with van der Waals surface area (Å²) in [4.78, 5) is 0. The fourth-order valence-corrected chi connectivity index (χ4v) is 2.63. The SMILES string of the molecule is COC(OC)c1cc2ccccc2c2ccccc12. The number of ether oxygens (including phenoxy) is 2. The van der Waals surface area contributed by atoms with E-state index in [2.05, 4.69) is 48.5 Å². The zero-order chi connectivity index (χ0) is 13.2. The molecule has 0 bridgehead atoms. The van der Waals surface area contributed by atoms with Gasteiger partial charge in [-0.15, -0.1) is 0 Å². The van der Waals surface area contributed by atoms with Crippen LogP contribution in [-0.4, -0.2) is 14.2 Å². The van der Waals surface area contributed by atoms with E-state index in [1.807, 2.05) is 6.07 Å². The van der Waals surface area contributed by atoms with Crippen LogP contribution in [0.2, 0.25) is 0 Å². The lowest BCUT2D eigenvalue weighted by atomic mass is 9.97. The number of fused-ring (bicyclic) bond motifs is 3. The first kappa shape index (κ1) is 12.2. The molecule has 96 valence electrons. The van der Waals surface area contributed by atoms with Gasteiger partial charge in [-0.25, -0.2) is 0 Å².